The molecule has 0 bridgehead atoms. The summed E-state index contributed by atoms with van der Waals surface area (Å²) in [6.45, 7) is 0.790. The number of benzene rings is 2. The fourth-order valence-corrected chi connectivity index (χ4v) is 4.25. The number of ether oxygens (including phenoxy) is 1. The zero-order valence-corrected chi connectivity index (χ0v) is 16.7. The van der Waals surface area contributed by atoms with Gasteiger partial charge in [-0.05, 0) is 49.1 Å². The Labute approximate surface area is 177 Å². The molecular formula is C23H22F3N3O2. The second-order valence-electron chi connectivity index (χ2n) is 8.37. The zero-order chi connectivity index (χ0) is 21.5. The Kier molecular flexibility index (Phi) is 4.97. The molecule has 2 aromatic carbocycles. The van der Waals surface area contributed by atoms with Crippen LogP contribution in [-0.4, -0.2) is 29.1 Å². The number of hydrogen-bond donors (Lipinski definition) is 1. The standard InChI is InChI=1S/C23H22F3N3O2/c24-23(25,26)30-17-9-7-16(8-10-17)20-28-21(29-31-20)22(11-4-12-22)14-27-19-13-18(19)15-5-2-1-3-6-15/h1-3,5-10,18-19,27H,4,11-14H2/t18?,19-/m0/s1. The van der Waals surface area contributed by atoms with Crippen LogP contribution < -0.4 is 10.1 Å². The average molecular weight is 429 g/mol. The van der Waals surface area contributed by atoms with Crippen LogP contribution >= 0.6 is 0 Å². The summed E-state index contributed by atoms with van der Waals surface area (Å²) in [6, 6.07) is 16.4. The maximum atomic E-state index is 12.3. The van der Waals surface area contributed by atoms with Gasteiger partial charge in [-0.2, -0.15) is 4.98 Å². The van der Waals surface area contributed by atoms with Gasteiger partial charge in [0.05, 0.1) is 0 Å². The molecular weight excluding hydrogens is 407 g/mol. The molecule has 0 aliphatic heterocycles. The first kappa shape index (κ1) is 20.1. The largest absolute Gasteiger partial charge is 0.573 e. The highest BCUT2D eigenvalue weighted by molar-refractivity contribution is 5.54. The van der Waals surface area contributed by atoms with Gasteiger partial charge in [-0.15, -0.1) is 13.2 Å². The van der Waals surface area contributed by atoms with E-state index in [4.69, 9.17) is 4.52 Å². The number of halogens is 3. The van der Waals surface area contributed by atoms with Crippen LogP contribution in [0, 0.1) is 0 Å². The lowest BCUT2D eigenvalue weighted by Gasteiger charge is -2.39. The van der Waals surface area contributed by atoms with Gasteiger partial charge in [-0.1, -0.05) is 41.9 Å². The van der Waals surface area contributed by atoms with Crippen LogP contribution in [0.25, 0.3) is 11.5 Å². The SMILES string of the molecule is FC(F)(F)Oc1ccc(-c2nc(C3(CN[C@H]4CC4c4ccccc4)CCC3)no2)cc1. The summed E-state index contributed by atoms with van der Waals surface area (Å²) in [5.41, 5.74) is 1.77. The van der Waals surface area contributed by atoms with Crippen molar-refractivity contribution in [2.75, 3.05) is 6.54 Å². The number of nitrogens with zero attached hydrogens (tertiary/aromatic N) is 2. The first-order chi connectivity index (χ1) is 14.9. The molecule has 1 heterocycles. The molecule has 5 rings (SSSR count). The first-order valence-electron chi connectivity index (χ1n) is 10.4. The molecule has 2 aliphatic carbocycles. The number of rotatable bonds is 7. The molecule has 0 amide bonds. The van der Waals surface area contributed by atoms with Crippen molar-refractivity contribution in [3.05, 3.63) is 66.0 Å². The van der Waals surface area contributed by atoms with E-state index < -0.39 is 6.36 Å². The summed E-state index contributed by atoms with van der Waals surface area (Å²) in [6.07, 6.45) is -0.504. The predicted molar refractivity (Wildman–Crippen MR) is 108 cm³/mol. The summed E-state index contributed by atoms with van der Waals surface area (Å²) in [5.74, 6) is 1.23. The second kappa shape index (κ2) is 7.67. The summed E-state index contributed by atoms with van der Waals surface area (Å²) in [7, 11) is 0. The summed E-state index contributed by atoms with van der Waals surface area (Å²) >= 11 is 0. The quantitative estimate of drug-likeness (QED) is 0.559. The van der Waals surface area contributed by atoms with Crippen molar-refractivity contribution in [2.24, 2.45) is 0 Å². The van der Waals surface area contributed by atoms with Gasteiger partial charge in [0.25, 0.3) is 5.89 Å². The highest BCUT2D eigenvalue weighted by atomic mass is 19.4. The van der Waals surface area contributed by atoms with Crippen molar-refractivity contribution in [3.8, 4) is 17.2 Å². The van der Waals surface area contributed by atoms with Crippen molar-refractivity contribution < 1.29 is 22.4 Å². The third-order valence-electron chi connectivity index (χ3n) is 6.27. The Morgan fingerprint density at radius 1 is 1.06 bits per heavy atom. The molecule has 0 radical (unpaired) electrons. The van der Waals surface area contributed by atoms with E-state index >= 15 is 0 Å². The fourth-order valence-electron chi connectivity index (χ4n) is 4.25. The van der Waals surface area contributed by atoms with Crippen LogP contribution in [0.15, 0.2) is 59.1 Å². The van der Waals surface area contributed by atoms with Gasteiger partial charge < -0.3 is 14.6 Å². The Balaban J connectivity index is 1.24. The van der Waals surface area contributed by atoms with Gasteiger partial charge in [-0.3, -0.25) is 0 Å². The van der Waals surface area contributed by atoms with E-state index in [1.54, 1.807) is 0 Å². The Bertz CT molecular complexity index is 1030. The van der Waals surface area contributed by atoms with Crippen LogP contribution in [-0.2, 0) is 5.41 Å². The topological polar surface area (TPSA) is 60.2 Å². The van der Waals surface area contributed by atoms with E-state index in [2.05, 4.69) is 44.5 Å². The third-order valence-corrected chi connectivity index (χ3v) is 6.27. The van der Waals surface area contributed by atoms with E-state index in [1.807, 2.05) is 6.07 Å². The Morgan fingerprint density at radius 2 is 1.81 bits per heavy atom. The molecule has 1 N–H and O–H groups in total. The highest BCUT2D eigenvalue weighted by Crippen LogP contribution is 2.45. The van der Waals surface area contributed by atoms with Crippen molar-refractivity contribution in [1.82, 2.24) is 15.5 Å². The number of alkyl halides is 3. The van der Waals surface area contributed by atoms with Gasteiger partial charge in [0.1, 0.15) is 5.75 Å². The minimum atomic E-state index is -4.72. The molecule has 1 aromatic heterocycles. The molecule has 8 heteroatoms. The zero-order valence-electron chi connectivity index (χ0n) is 16.7. The molecule has 31 heavy (non-hydrogen) atoms. The van der Waals surface area contributed by atoms with E-state index in [9.17, 15) is 13.2 Å². The molecule has 1 unspecified atom stereocenters. The van der Waals surface area contributed by atoms with Gasteiger partial charge in [0.2, 0.25) is 0 Å². The third kappa shape index (κ3) is 4.30. The highest BCUT2D eigenvalue weighted by Gasteiger charge is 2.46. The molecule has 0 saturated heterocycles. The van der Waals surface area contributed by atoms with Crippen molar-refractivity contribution >= 4 is 0 Å². The Hall–Kier alpha value is -2.87. The summed E-state index contributed by atoms with van der Waals surface area (Å²) in [5, 5.41) is 7.89. The molecule has 162 valence electrons. The van der Waals surface area contributed by atoms with Gasteiger partial charge >= 0.3 is 6.36 Å². The maximum absolute atomic E-state index is 12.3. The van der Waals surface area contributed by atoms with Crippen LogP contribution in [0.2, 0.25) is 0 Å². The van der Waals surface area contributed by atoms with E-state index in [0.717, 1.165) is 32.2 Å². The second-order valence-corrected chi connectivity index (χ2v) is 8.37. The van der Waals surface area contributed by atoms with Crippen molar-refractivity contribution in [2.45, 2.75) is 49.4 Å². The molecule has 5 nitrogen and oxygen atoms in total. The van der Waals surface area contributed by atoms with E-state index in [0.29, 0.717) is 29.2 Å². The average Bonchev–Trinajstić information content (AvgIpc) is 3.33. The lowest BCUT2D eigenvalue weighted by Crippen LogP contribution is -2.45. The lowest BCUT2D eigenvalue weighted by atomic mass is 9.68. The minimum Gasteiger partial charge on any atom is -0.406 e. The van der Waals surface area contributed by atoms with E-state index in [1.165, 1.54) is 29.8 Å². The lowest BCUT2D eigenvalue weighted by molar-refractivity contribution is -0.274. The van der Waals surface area contributed by atoms with Gasteiger partial charge in [0, 0.05) is 29.5 Å². The number of nitrogens with one attached hydrogen (secondary N) is 1. The van der Waals surface area contributed by atoms with Crippen LogP contribution in [0.5, 0.6) is 5.75 Å². The predicted octanol–water partition coefficient (Wildman–Crippen LogP) is 5.20. The number of aromatic nitrogens is 2. The summed E-state index contributed by atoms with van der Waals surface area (Å²) in [4.78, 5) is 4.57. The van der Waals surface area contributed by atoms with Crippen molar-refractivity contribution in [3.63, 3.8) is 0 Å². The molecule has 2 saturated carbocycles. The maximum Gasteiger partial charge on any atom is 0.573 e. The van der Waals surface area contributed by atoms with Crippen LogP contribution in [0.1, 0.15) is 43.0 Å². The first-order valence-corrected chi connectivity index (χ1v) is 10.4. The smallest absolute Gasteiger partial charge is 0.406 e. The summed E-state index contributed by atoms with van der Waals surface area (Å²) < 4.78 is 46.3. The van der Waals surface area contributed by atoms with Gasteiger partial charge in [0.15, 0.2) is 5.82 Å². The molecule has 2 fully saturated rings. The molecule has 2 atom stereocenters. The normalized spacial score (nSPS) is 22.0. The minimum absolute atomic E-state index is 0.148. The molecule has 3 aromatic rings. The molecule has 2 aliphatic rings. The van der Waals surface area contributed by atoms with E-state index in [-0.39, 0.29) is 11.2 Å². The Morgan fingerprint density at radius 3 is 2.45 bits per heavy atom. The number of hydrogen-bond acceptors (Lipinski definition) is 5. The van der Waals surface area contributed by atoms with Crippen molar-refractivity contribution in [1.29, 1.82) is 0 Å². The monoisotopic (exact) mass is 429 g/mol. The molecule has 0 spiro atoms. The fraction of sp³-hybridized carbons (Fsp3) is 0.391. The van der Waals surface area contributed by atoms with Crippen LogP contribution in [0.4, 0.5) is 13.2 Å². The van der Waals surface area contributed by atoms with Gasteiger partial charge in [-0.25, -0.2) is 0 Å². The van der Waals surface area contributed by atoms with Crippen LogP contribution in [0.3, 0.4) is 0 Å².